The lowest BCUT2D eigenvalue weighted by Crippen LogP contribution is -2.45. The molecule has 2 amide bonds. The first-order chi connectivity index (χ1) is 13.9. The molecule has 0 fully saturated rings. The van der Waals surface area contributed by atoms with Crippen LogP contribution in [-0.2, 0) is 27.4 Å². The second kappa shape index (κ2) is 8.68. The number of hydrogen-bond donors (Lipinski definition) is 0. The van der Waals surface area contributed by atoms with Crippen molar-refractivity contribution in [2.75, 3.05) is 13.7 Å². The molecular weight excluding hydrogens is 388 g/mol. The van der Waals surface area contributed by atoms with Crippen LogP contribution in [0, 0.1) is 0 Å². The van der Waals surface area contributed by atoms with E-state index in [9.17, 15) is 23.2 Å². The van der Waals surface area contributed by atoms with E-state index < -0.39 is 30.9 Å². The van der Waals surface area contributed by atoms with Crippen molar-refractivity contribution in [2.45, 2.75) is 19.6 Å². The van der Waals surface area contributed by atoms with E-state index in [-0.39, 0.29) is 24.5 Å². The second-order valence-corrected chi connectivity index (χ2v) is 6.14. The lowest BCUT2D eigenvalue weighted by molar-refractivity contribution is -0.149. The van der Waals surface area contributed by atoms with Gasteiger partial charge < -0.3 is 14.2 Å². The topological polar surface area (TPSA) is 82.1 Å². The highest BCUT2D eigenvalue weighted by atomic mass is 19.3. The van der Waals surface area contributed by atoms with E-state index in [1.54, 1.807) is 24.3 Å². The van der Waals surface area contributed by atoms with Crippen molar-refractivity contribution >= 4 is 17.8 Å². The molecule has 1 heterocycles. The molecule has 1 aliphatic heterocycles. The third-order valence-electron chi connectivity index (χ3n) is 4.27. The monoisotopic (exact) mass is 405 g/mol. The SMILES string of the molecule is COc1cc(COC(=O)CN2C(=O)Cc3ccccc3C2=O)ccc1OC(F)F. The first-order valence-corrected chi connectivity index (χ1v) is 8.59. The number of esters is 1. The van der Waals surface area contributed by atoms with Crippen LogP contribution in [0.2, 0.25) is 0 Å². The molecule has 29 heavy (non-hydrogen) atoms. The summed E-state index contributed by atoms with van der Waals surface area (Å²) in [7, 11) is 1.29. The zero-order valence-electron chi connectivity index (χ0n) is 15.4. The van der Waals surface area contributed by atoms with Gasteiger partial charge in [0, 0.05) is 5.56 Å². The standard InChI is InChI=1S/C20H17F2NO6/c1-27-16-8-12(6-7-15(16)29-20(21)22)11-28-18(25)10-23-17(24)9-13-4-2-3-5-14(13)19(23)26/h2-8,20H,9-11H2,1H3. The molecule has 9 heteroatoms. The number of carbonyl (C=O) groups is 3. The summed E-state index contributed by atoms with van der Waals surface area (Å²) in [5.41, 5.74) is 1.45. The number of imide groups is 1. The molecule has 0 saturated heterocycles. The number of ether oxygens (including phenoxy) is 3. The smallest absolute Gasteiger partial charge is 0.387 e. The Morgan fingerprint density at radius 2 is 1.90 bits per heavy atom. The Kier molecular flexibility index (Phi) is 6.06. The third-order valence-corrected chi connectivity index (χ3v) is 4.27. The normalized spacial score (nSPS) is 13.3. The van der Waals surface area contributed by atoms with Crippen molar-refractivity contribution in [3.8, 4) is 11.5 Å². The van der Waals surface area contributed by atoms with Crippen LogP contribution in [0.15, 0.2) is 42.5 Å². The number of carbonyl (C=O) groups excluding carboxylic acids is 3. The first-order valence-electron chi connectivity index (χ1n) is 8.59. The van der Waals surface area contributed by atoms with Gasteiger partial charge in [0.15, 0.2) is 11.5 Å². The Hall–Kier alpha value is -3.49. The van der Waals surface area contributed by atoms with E-state index in [4.69, 9.17) is 9.47 Å². The number of fused-ring (bicyclic) bond motifs is 1. The summed E-state index contributed by atoms with van der Waals surface area (Å²) < 4.78 is 39.1. The fourth-order valence-electron chi connectivity index (χ4n) is 2.89. The molecule has 3 rings (SSSR count). The summed E-state index contributed by atoms with van der Waals surface area (Å²) in [6.45, 7) is -3.72. The van der Waals surface area contributed by atoms with Crippen molar-refractivity contribution in [2.24, 2.45) is 0 Å². The van der Waals surface area contributed by atoms with Gasteiger partial charge in [-0.2, -0.15) is 8.78 Å². The fourth-order valence-corrected chi connectivity index (χ4v) is 2.89. The summed E-state index contributed by atoms with van der Waals surface area (Å²) in [5.74, 6) is -1.92. The minimum Gasteiger partial charge on any atom is -0.493 e. The Balaban J connectivity index is 1.62. The number of rotatable bonds is 7. The van der Waals surface area contributed by atoms with Crippen LogP contribution in [-0.4, -0.2) is 42.9 Å². The van der Waals surface area contributed by atoms with Crippen LogP contribution in [0.25, 0.3) is 0 Å². The quantitative estimate of drug-likeness (QED) is 0.520. The average molecular weight is 405 g/mol. The zero-order valence-corrected chi connectivity index (χ0v) is 15.4. The summed E-state index contributed by atoms with van der Waals surface area (Å²) in [5, 5.41) is 0. The highest BCUT2D eigenvalue weighted by Gasteiger charge is 2.32. The minimum absolute atomic E-state index is 0.0258. The maximum Gasteiger partial charge on any atom is 0.387 e. The Morgan fingerprint density at radius 3 is 2.62 bits per heavy atom. The molecule has 0 aromatic heterocycles. The molecule has 0 unspecified atom stereocenters. The highest BCUT2D eigenvalue weighted by molar-refractivity contribution is 6.11. The van der Waals surface area contributed by atoms with E-state index in [0.717, 1.165) is 4.90 Å². The van der Waals surface area contributed by atoms with Crippen molar-refractivity contribution in [3.05, 3.63) is 59.2 Å². The molecule has 2 aromatic carbocycles. The number of amides is 2. The molecule has 0 saturated carbocycles. The number of hydrogen-bond acceptors (Lipinski definition) is 6. The van der Waals surface area contributed by atoms with E-state index in [0.29, 0.717) is 16.7 Å². The van der Waals surface area contributed by atoms with Crippen LogP contribution in [0.5, 0.6) is 11.5 Å². The lowest BCUT2D eigenvalue weighted by atomic mass is 9.98. The molecule has 7 nitrogen and oxygen atoms in total. The van der Waals surface area contributed by atoms with Gasteiger partial charge in [-0.05, 0) is 29.3 Å². The van der Waals surface area contributed by atoms with Gasteiger partial charge in [0.1, 0.15) is 13.2 Å². The van der Waals surface area contributed by atoms with Gasteiger partial charge in [0.2, 0.25) is 5.91 Å². The predicted octanol–water partition coefficient (Wildman–Crippen LogP) is 2.56. The van der Waals surface area contributed by atoms with Crippen LogP contribution in [0.3, 0.4) is 0 Å². The molecule has 0 radical (unpaired) electrons. The van der Waals surface area contributed by atoms with E-state index in [2.05, 4.69) is 4.74 Å². The summed E-state index contributed by atoms with van der Waals surface area (Å²) in [6.07, 6.45) is 0.0258. The van der Waals surface area contributed by atoms with Crippen molar-refractivity contribution in [1.29, 1.82) is 0 Å². The van der Waals surface area contributed by atoms with Crippen molar-refractivity contribution < 1.29 is 37.4 Å². The minimum atomic E-state index is -3.00. The van der Waals surface area contributed by atoms with Gasteiger partial charge >= 0.3 is 12.6 Å². The average Bonchev–Trinajstić information content (AvgIpc) is 2.70. The van der Waals surface area contributed by atoms with Gasteiger partial charge in [0.25, 0.3) is 5.91 Å². The maximum absolute atomic E-state index is 12.5. The largest absolute Gasteiger partial charge is 0.493 e. The second-order valence-electron chi connectivity index (χ2n) is 6.14. The van der Waals surface area contributed by atoms with E-state index >= 15 is 0 Å². The summed E-state index contributed by atoms with van der Waals surface area (Å²) in [4.78, 5) is 37.6. The van der Waals surface area contributed by atoms with E-state index in [1.807, 2.05) is 0 Å². The van der Waals surface area contributed by atoms with Crippen LogP contribution >= 0.6 is 0 Å². The summed E-state index contributed by atoms with van der Waals surface area (Å²) in [6, 6.07) is 10.8. The molecule has 0 bridgehead atoms. The van der Waals surface area contributed by atoms with Gasteiger partial charge in [-0.15, -0.1) is 0 Å². The molecular formula is C20H17F2NO6. The number of methoxy groups -OCH3 is 1. The lowest BCUT2D eigenvalue weighted by Gasteiger charge is -2.25. The summed E-state index contributed by atoms with van der Waals surface area (Å²) >= 11 is 0. The maximum atomic E-state index is 12.5. The zero-order chi connectivity index (χ0) is 21.0. The molecule has 152 valence electrons. The van der Waals surface area contributed by atoms with Crippen LogP contribution < -0.4 is 9.47 Å². The molecule has 0 atom stereocenters. The Morgan fingerprint density at radius 1 is 1.14 bits per heavy atom. The molecule has 0 spiro atoms. The Bertz CT molecular complexity index is 946. The predicted molar refractivity (Wildman–Crippen MR) is 95.6 cm³/mol. The first kappa shape index (κ1) is 20.2. The van der Waals surface area contributed by atoms with Gasteiger partial charge in [-0.1, -0.05) is 24.3 Å². The molecule has 0 N–H and O–H groups in total. The van der Waals surface area contributed by atoms with E-state index in [1.165, 1.54) is 25.3 Å². The number of benzene rings is 2. The molecule has 2 aromatic rings. The van der Waals surface area contributed by atoms with Gasteiger partial charge in [0.05, 0.1) is 13.5 Å². The number of alkyl halides is 2. The molecule has 0 aliphatic carbocycles. The Labute approximate surface area is 164 Å². The fraction of sp³-hybridized carbons (Fsp3) is 0.250. The molecule has 1 aliphatic rings. The van der Waals surface area contributed by atoms with Gasteiger partial charge in [-0.25, -0.2) is 0 Å². The van der Waals surface area contributed by atoms with Crippen LogP contribution in [0.4, 0.5) is 8.78 Å². The van der Waals surface area contributed by atoms with Crippen LogP contribution in [0.1, 0.15) is 21.5 Å². The van der Waals surface area contributed by atoms with Crippen molar-refractivity contribution in [1.82, 2.24) is 4.90 Å². The van der Waals surface area contributed by atoms with Gasteiger partial charge in [-0.3, -0.25) is 19.3 Å². The highest BCUT2D eigenvalue weighted by Crippen LogP contribution is 2.29. The number of nitrogens with zero attached hydrogens (tertiary/aromatic N) is 1. The van der Waals surface area contributed by atoms with Crippen molar-refractivity contribution in [3.63, 3.8) is 0 Å². The third kappa shape index (κ3) is 4.68. The number of halogens is 2.